The highest BCUT2D eigenvalue weighted by Crippen LogP contribution is 2.36. The van der Waals surface area contributed by atoms with Gasteiger partial charge in [-0.3, -0.25) is 4.79 Å². The molecule has 1 aliphatic carbocycles. The number of nitrogens with one attached hydrogen (secondary N) is 2. The van der Waals surface area contributed by atoms with Crippen LogP contribution in [-0.4, -0.2) is 38.7 Å². The van der Waals surface area contributed by atoms with Crippen LogP contribution in [0.4, 0.5) is 5.69 Å². The number of carbonyl (C=O) groups is 1. The highest BCUT2D eigenvalue weighted by molar-refractivity contribution is 5.91. The molecule has 2 heterocycles. The maximum Gasteiger partial charge on any atom is 0.224 e. The number of aromatic nitrogens is 4. The molecule has 2 aliphatic rings. The Morgan fingerprint density at radius 2 is 2.25 bits per heavy atom. The van der Waals surface area contributed by atoms with Gasteiger partial charge in [-0.25, -0.2) is 4.68 Å². The number of tetrazole rings is 1. The molecule has 7 nitrogen and oxygen atoms in total. The van der Waals surface area contributed by atoms with Crippen molar-refractivity contribution in [3.8, 4) is 11.4 Å². The Kier molecular flexibility index (Phi) is 4.25. The molecule has 2 aromatic rings. The summed E-state index contributed by atoms with van der Waals surface area (Å²) in [6.45, 7) is 1.07. The van der Waals surface area contributed by atoms with E-state index >= 15 is 0 Å². The van der Waals surface area contributed by atoms with Gasteiger partial charge in [0.2, 0.25) is 5.91 Å². The Bertz CT molecular complexity index is 717. The zero-order valence-corrected chi connectivity index (χ0v) is 13.6. The molecule has 0 bridgehead atoms. The molecule has 7 heteroatoms. The van der Waals surface area contributed by atoms with Crippen molar-refractivity contribution in [3.63, 3.8) is 0 Å². The summed E-state index contributed by atoms with van der Waals surface area (Å²) in [4.78, 5) is 12.2. The van der Waals surface area contributed by atoms with Gasteiger partial charge in [0.15, 0.2) is 5.82 Å². The molecule has 24 heavy (non-hydrogen) atoms. The number of nitrogens with zero attached hydrogens (tertiary/aromatic N) is 4. The Morgan fingerprint density at radius 1 is 1.33 bits per heavy atom. The molecular formula is C17H22N6O. The molecule has 2 N–H and O–H groups in total. The van der Waals surface area contributed by atoms with Gasteiger partial charge in [0, 0.05) is 23.7 Å². The maximum absolute atomic E-state index is 12.2. The summed E-state index contributed by atoms with van der Waals surface area (Å²) in [6.07, 6.45) is 6.08. The van der Waals surface area contributed by atoms with E-state index in [0.717, 1.165) is 42.9 Å². The van der Waals surface area contributed by atoms with Crippen LogP contribution in [0.15, 0.2) is 24.3 Å². The van der Waals surface area contributed by atoms with Crippen molar-refractivity contribution in [2.75, 3.05) is 11.9 Å². The largest absolute Gasteiger partial charge is 0.326 e. The number of benzene rings is 1. The predicted octanol–water partition coefficient (Wildman–Crippen LogP) is 2.15. The number of rotatable bonds is 6. The Hall–Kier alpha value is -2.28. The van der Waals surface area contributed by atoms with E-state index in [-0.39, 0.29) is 5.91 Å². The Labute approximate surface area is 140 Å². The van der Waals surface area contributed by atoms with Crippen LogP contribution in [-0.2, 0) is 4.79 Å². The molecule has 1 unspecified atom stereocenters. The monoisotopic (exact) mass is 326 g/mol. The summed E-state index contributed by atoms with van der Waals surface area (Å²) in [5.41, 5.74) is 1.73. The second-order valence-corrected chi connectivity index (χ2v) is 6.64. The zero-order valence-electron chi connectivity index (χ0n) is 13.6. The van der Waals surface area contributed by atoms with Gasteiger partial charge in [-0.2, -0.15) is 0 Å². The normalized spacial score (nSPS) is 20.2. The van der Waals surface area contributed by atoms with Gasteiger partial charge >= 0.3 is 0 Å². The van der Waals surface area contributed by atoms with Crippen molar-refractivity contribution < 1.29 is 4.79 Å². The molecule has 1 saturated carbocycles. The van der Waals surface area contributed by atoms with Crippen LogP contribution in [0.25, 0.3) is 11.4 Å². The Morgan fingerprint density at radius 3 is 3.04 bits per heavy atom. The fraction of sp³-hybridized carbons (Fsp3) is 0.529. The molecule has 0 spiro atoms. The SMILES string of the molecule is O=C(CCC1CCCN1)Nc1cccc(-c2nnnn2C2CC2)c1. The summed E-state index contributed by atoms with van der Waals surface area (Å²) in [5.74, 6) is 0.825. The molecule has 1 aromatic heterocycles. The molecule has 1 amide bonds. The second-order valence-electron chi connectivity index (χ2n) is 6.64. The summed E-state index contributed by atoms with van der Waals surface area (Å²) in [5, 5.41) is 18.4. The zero-order chi connectivity index (χ0) is 16.4. The number of amides is 1. The van der Waals surface area contributed by atoms with Gasteiger partial charge in [0.1, 0.15) is 0 Å². The van der Waals surface area contributed by atoms with Crippen molar-refractivity contribution in [3.05, 3.63) is 24.3 Å². The molecule has 1 aromatic carbocycles. The molecule has 126 valence electrons. The molecule has 1 saturated heterocycles. The molecule has 1 atom stereocenters. The van der Waals surface area contributed by atoms with Crippen LogP contribution >= 0.6 is 0 Å². The average Bonchev–Trinajstić information content (AvgIpc) is 3.11. The lowest BCUT2D eigenvalue weighted by molar-refractivity contribution is -0.116. The Balaban J connectivity index is 1.40. The summed E-state index contributed by atoms with van der Waals surface area (Å²) in [6, 6.07) is 8.66. The minimum atomic E-state index is 0.0580. The lowest BCUT2D eigenvalue weighted by atomic mass is 10.1. The summed E-state index contributed by atoms with van der Waals surface area (Å²) in [7, 11) is 0. The summed E-state index contributed by atoms with van der Waals surface area (Å²) >= 11 is 0. The van der Waals surface area contributed by atoms with E-state index < -0.39 is 0 Å². The lowest BCUT2D eigenvalue weighted by Crippen LogP contribution is -2.23. The first-order chi connectivity index (χ1) is 11.8. The van der Waals surface area contributed by atoms with E-state index in [1.54, 1.807) is 0 Å². The summed E-state index contributed by atoms with van der Waals surface area (Å²) < 4.78 is 1.88. The standard InChI is InChI=1S/C17H22N6O/c24-16(9-6-13-5-2-10-18-13)19-14-4-1-3-12(11-14)17-20-21-22-23(17)15-7-8-15/h1,3-4,11,13,15,18H,2,5-10H2,(H,19,24). The van der Waals surface area contributed by atoms with Gasteiger partial charge < -0.3 is 10.6 Å². The van der Waals surface area contributed by atoms with Crippen LogP contribution < -0.4 is 10.6 Å². The van der Waals surface area contributed by atoms with Crippen LogP contribution in [0.3, 0.4) is 0 Å². The van der Waals surface area contributed by atoms with Crippen molar-refractivity contribution >= 4 is 11.6 Å². The lowest BCUT2D eigenvalue weighted by Gasteiger charge is -2.10. The third-order valence-corrected chi connectivity index (χ3v) is 4.67. The van der Waals surface area contributed by atoms with E-state index in [1.165, 1.54) is 12.8 Å². The van der Waals surface area contributed by atoms with Crippen LogP contribution in [0.5, 0.6) is 0 Å². The maximum atomic E-state index is 12.2. The average molecular weight is 326 g/mol. The van der Waals surface area contributed by atoms with E-state index in [0.29, 0.717) is 18.5 Å². The highest BCUT2D eigenvalue weighted by Gasteiger charge is 2.28. The van der Waals surface area contributed by atoms with E-state index in [4.69, 9.17) is 0 Å². The number of hydrogen-bond acceptors (Lipinski definition) is 5. The van der Waals surface area contributed by atoms with Gasteiger partial charge in [-0.15, -0.1) is 5.10 Å². The van der Waals surface area contributed by atoms with Gasteiger partial charge in [-0.05, 0) is 61.2 Å². The third kappa shape index (κ3) is 3.46. The van der Waals surface area contributed by atoms with Gasteiger partial charge in [-0.1, -0.05) is 12.1 Å². The fourth-order valence-electron chi connectivity index (χ4n) is 3.22. The topological polar surface area (TPSA) is 84.7 Å². The van der Waals surface area contributed by atoms with Crippen molar-refractivity contribution in [1.82, 2.24) is 25.5 Å². The van der Waals surface area contributed by atoms with Crippen LogP contribution in [0, 0.1) is 0 Å². The highest BCUT2D eigenvalue weighted by atomic mass is 16.1. The van der Waals surface area contributed by atoms with Gasteiger partial charge in [0.05, 0.1) is 6.04 Å². The first-order valence-corrected chi connectivity index (χ1v) is 8.71. The first-order valence-electron chi connectivity index (χ1n) is 8.71. The van der Waals surface area contributed by atoms with E-state index in [1.807, 2.05) is 28.9 Å². The van der Waals surface area contributed by atoms with E-state index in [2.05, 4.69) is 26.2 Å². The second kappa shape index (κ2) is 6.68. The van der Waals surface area contributed by atoms with Crippen LogP contribution in [0.2, 0.25) is 0 Å². The molecule has 1 aliphatic heterocycles. The van der Waals surface area contributed by atoms with Crippen molar-refractivity contribution in [1.29, 1.82) is 0 Å². The number of anilines is 1. The van der Waals surface area contributed by atoms with Crippen molar-refractivity contribution in [2.45, 2.75) is 50.6 Å². The molecule has 0 radical (unpaired) electrons. The molecular weight excluding hydrogens is 304 g/mol. The minimum absolute atomic E-state index is 0.0580. The first kappa shape index (κ1) is 15.3. The quantitative estimate of drug-likeness (QED) is 0.849. The van der Waals surface area contributed by atoms with Gasteiger partial charge in [0.25, 0.3) is 0 Å². The molecule has 4 rings (SSSR count). The minimum Gasteiger partial charge on any atom is -0.326 e. The number of hydrogen-bond donors (Lipinski definition) is 2. The smallest absolute Gasteiger partial charge is 0.224 e. The fourth-order valence-corrected chi connectivity index (χ4v) is 3.22. The van der Waals surface area contributed by atoms with Crippen LogP contribution in [0.1, 0.15) is 44.6 Å². The van der Waals surface area contributed by atoms with E-state index in [9.17, 15) is 4.79 Å². The molecule has 2 fully saturated rings. The van der Waals surface area contributed by atoms with Crippen molar-refractivity contribution in [2.24, 2.45) is 0 Å². The predicted molar refractivity (Wildman–Crippen MR) is 90.4 cm³/mol. The number of carbonyl (C=O) groups excluding carboxylic acids is 1. The third-order valence-electron chi connectivity index (χ3n) is 4.67.